The zero-order valence-corrected chi connectivity index (χ0v) is 13.8. The minimum absolute atomic E-state index is 0.123. The van der Waals surface area contributed by atoms with Crippen LogP contribution in [0.2, 0.25) is 0 Å². The van der Waals surface area contributed by atoms with Gasteiger partial charge in [0.15, 0.2) is 0 Å². The van der Waals surface area contributed by atoms with E-state index in [1.165, 1.54) is 14.2 Å². The highest BCUT2D eigenvalue weighted by Crippen LogP contribution is 2.14. The third-order valence-electron chi connectivity index (χ3n) is 2.24. The minimum Gasteiger partial charge on any atom is -0.353 e. The summed E-state index contributed by atoms with van der Waals surface area (Å²) in [5.74, 6) is 0. The third-order valence-corrected chi connectivity index (χ3v) is 4.95. The summed E-state index contributed by atoms with van der Waals surface area (Å²) in [5, 5.41) is -0.246. The molecule has 0 N–H and O–H groups in total. The van der Waals surface area contributed by atoms with E-state index in [2.05, 4.69) is 0 Å². The van der Waals surface area contributed by atoms with Gasteiger partial charge in [0, 0.05) is 14.2 Å². The van der Waals surface area contributed by atoms with Gasteiger partial charge in [-0.25, -0.2) is 4.89 Å². The quantitative estimate of drug-likeness (QED) is 0.253. The average molecular weight is 321 g/mol. The number of hydrogen-bond acceptors (Lipinski definition) is 5. The van der Waals surface area contributed by atoms with Crippen molar-refractivity contribution in [2.24, 2.45) is 0 Å². The highest BCUT2D eigenvalue weighted by molar-refractivity contribution is 6.53. The first-order valence-electron chi connectivity index (χ1n) is 5.86. The van der Waals surface area contributed by atoms with Crippen LogP contribution >= 0.6 is 23.2 Å². The largest absolute Gasteiger partial charge is 0.707 e. The molecule has 8 heteroatoms. The Morgan fingerprint density at radius 2 is 1.44 bits per heavy atom. The van der Waals surface area contributed by atoms with Crippen LogP contribution < -0.4 is 0 Å². The van der Waals surface area contributed by atoms with Crippen molar-refractivity contribution < 1.29 is 22.7 Å². The maximum absolute atomic E-state index is 5.96. The van der Waals surface area contributed by atoms with E-state index < -0.39 is 9.05 Å². The normalized spacial score (nSPS) is 15.7. The van der Waals surface area contributed by atoms with E-state index in [0.29, 0.717) is 0 Å². The summed E-state index contributed by atoms with van der Waals surface area (Å²) in [4.78, 5) is 5.01. The van der Waals surface area contributed by atoms with Crippen LogP contribution in [0.25, 0.3) is 0 Å². The van der Waals surface area contributed by atoms with Gasteiger partial charge in [-0.3, -0.25) is 0 Å². The van der Waals surface area contributed by atoms with Crippen molar-refractivity contribution in [2.45, 2.75) is 37.4 Å². The molecular formula is C10H22Cl2O5Si. The van der Waals surface area contributed by atoms with Gasteiger partial charge in [0.25, 0.3) is 0 Å². The van der Waals surface area contributed by atoms with Crippen molar-refractivity contribution in [3.63, 3.8) is 0 Å². The molecule has 5 nitrogen and oxygen atoms in total. The third kappa shape index (κ3) is 7.25. The van der Waals surface area contributed by atoms with E-state index in [4.69, 9.17) is 45.9 Å². The van der Waals surface area contributed by atoms with Crippen LogP contribution in [0.4, 0.5) is 0 Å². The van der Waals surface area contributed by atoms with E-state index in [-0.39, 0.29) is 24.0 Å². The van der Waals surface area contributed by atoms with Crippen LogP contribution in [-0.2, 0) is 22.7 Å². The predicted molar refractivity (Wildman–Crippen MR) is 72.6 cm³/mol. The minimum atomic E-state index is -3.27. The van der Waals surface area contributed by atoms with Crippen LogP contribution in [0.1, 0.15) is 26.7 Å². The highest BCUT2D eigenvalue weighted by atomic mass is 35.5. The Bertz CT molecular complexity index is 207. The summed E-state index contributed by atoms with van der Waals surface area (Å²) in [5.41, 5.74) is 0. The Kier molecular flexibility index (Phi) is 10.7. The standard InChI is InChI=1S/C10H22Cl2O5Si/c1-5-9(11)7-15-17-18(13-3,14-4)16-8-10(12)6-2/h9-10H,5-8H2,1-4H3. The van der Waals surface area contributed by atoms with Gasteiger partial charge in [0.05, 0.1) is 24.0 Å². The van der Waals surface area contributed by atoms with Gasteiger partial charge in [-0.05, 0) is 12.8 Å². The van der Waals surface area contributed by atoms with Crippen LogP contribution in [0, 0.1) is 0 Å². The van der Waals surface area contributed by atoms with Gasteiger partial charge in [-0.2, -0.15) is 4.58 Å². The summed E-state index contributed by atoms with van der Waals surface area (Å²) in [6.07, 6.45) is 1.56. The number of alkyl halides is 2. The molecule has 18 heavy (non-hydrogen) atoms. The molecule has 0 radical (unpaired) electrons. The Hall–Kier alpha value is 0.597. The van der Waals surface area contributed by atoms with Gasteiger partial charge in [-0.1, -0.05) is 13.8 Å². The first-order valence-corrected chi connectivity index (χ1v) is 8.37. The maximum Gasteiger partial charge on any atom is 0.707 e. The second-order valence-corrected chi connectivity index (χ2v) is 7.10. The van der Waals surface area contributed by atoms with E-state index in [9.17, 15) is 0 Å². The molecule has 0 amide bonds. The molecule has 0 fully saturated rings. The van der Waals surface area contributed by atoms with Gasteiger partial charge in [0.2, 0.25) is 0 Å². The zero-order chi connectivity index (χ0) is 14.0. The van der Waals surface area contributed by atoms with E-state index in [1.54, 1.807) is 0 Å². The fraction of sp³-hybridized carbons (Fsp3) is 1.00. The van der Waals surface area contributed by atoms with Crippen molar-refractivity contribution in [2.75, 3.05) is 27.4 Å². The molecule has 0 saturated heterocycles. The molecule has 0 rings (SSSR count). The zero-order valence-electron chi connectivity index (χ0n) is 11.3. The molecule has 0 aromatic carbocycles. The lowest BCUT2D eigenvalue weighted by Crippen LogP contribution is -2.48. The molecule has 0 aromatic rings. The first-order chi connectivity index (χ1) is 8.53. The van der Waals surface area contributed by atoms with Crippen molar-refractivity contribution in [3.8, 4) is 0 Å². The molecule has 0 aromatic heterocycles. The molecule has 2 unspecified atom stereocenters. The van der Waals surface area contributed by atoms with E-state index >= 15 is 0 Å². The Labute approximate surface area is 120 Å². The second kappa shape index (κ2) is 10.4. The highest BCUT2D eigenvalue weighted by Gasteiger charge is 2.46. The lowest BCUT2D eigenvalue weighted by Gasteiger charge is -2.24. The average Bonchev–Trinajstić information content (AvgIpc) is 2.42. The molecule has 0 saturated carbocycles. The molecule has 0 bridgehead atoms. The molecule has 0 heterocycles. The molecule has 2 atom stereocenters. The molecule has 0 aliphatic heterocycles. The van der Waals surface area contributed by atoms with Crippen molar-refractivity contribution in [1.29, 1.82) is 0 Å². The van der Waals surface area contributed by atoms with Crippen LogP contribution in [0.15, 0.2) is 0 Å². The van der Waals surface area contributed by atoms with E-state index in [0.717, 1.165) is 12.8 Å². The second-order valence-electron chi connectivity index (χ2n) is 3.60. The van der Waals surface area contributed by atoms with Crippen molar-refractivity contribution in [3.05, 3.63) is 0 Å². The van der Waals surface area contributed by atoms with Gasteiger partial charge in [0.1, 0.15) is 0 Å². The van der Waals surface area contributed by atoms with E-state index in [1.807, 2.05) is 13.8 Å². The Morgan fingerprint density at radius 3 is 1.89 bits per heavy atom. The maximum atomic E-state index is 5.96. The topological polar surface area (TPSA) is 46.2 Å². The molecule has 110 valence electrons. The summed E-state index contributed by atoms with van der Waals surface area (Å²) in [6, 6.07) is 0. The lowest BCUT2D eigenvalue weighted by atomic mass is 10.4. The summed E-state index contributed by atoms with van der Waals surface area (Å²) < 4.78 is 20.9. The number of rotatable bonds is 11. The van der Waals surface area contributed by atoms with Crippen LogP contribution in [-0.4, -0.2) is 47.2 Å². The summed E-state index contributed by atoms with van der Waals surface area (Å²) >= 11 is 11.9. The van der Waals surface area contributed by atoms with Gasteiger partial charge < -0.3 is 13.3 Å². The van der Waals surface area contributed by atoms with Crippen LogP contribution in [0.5, 0.6) is 0 Å². The number of hydrogen-bond donors (Lipinski definition) is 0. The van der Waals surface area contributed by atoms with Gasteiger partial charge >= 0.3 is 9.05 Å². The number of halogens is 2. The molecule has 0 aliphatic carbocycles. The van der Waals surface area contributed by atoms with Gasteiger partial charge in [-0.15, -0.1) is 23.2 Å². The summed E-state index contributed by atoms with van der Waals surface area (Å²) in [6.45, 7) is 4.42. The van der Waals surface area contributed by atoms with Crippen molar-refractivity contribution >= 4 is 32.2 Å². The SMILES string of the molecule is CCC(Cl)COO[Si](OC)(OC)OCC(Cl)CC. The van der Waals surface area contributed by atoms with Crippen molar-refractivity contribution in [1.82, 2.24) is 0 Å². The first kappa shape index (κ1) is 18.6. The predicted octanol–water partition coefficient (Wildman–Crippen LogP) is 2.71. The fourth-order valence-electron chi connectivity index (χ4n) is 0.901. The fourth-order valence-corrected chi connectivity index (χ4v) is 2.33. The Balaban J connectivity index is 4.16. The molecular weight excluding hydrogens is 299 g/mol. The molecule has 0 aliphatic rings. The molecule has 0 spiro atoms. The smallest absolute Gasteiger partial charge is 0.353 e. The monoisotopic (exact) mass is 320 g/mol. The Morgan fingerprint density at radius 1 is 0.944 bits per heavy atom. The summed E-state index contributed by atoms with van der Waals surface area (Å²) in [7, 11) is -0.394. The van der Waals surface area contributed by atoms with Crippen LogP contribution in [0.3, 0.4) is 0 Å². The lowest BCUT2D eigenvalue weighted by molar-refractivity contribution is -0.270.